The predicted octanol–water partition coefficient (Wildman–Crippen LogP) is -0.138. The molecule has 0 radical (unpaired) electrons. The Balaban J connectivity index is 2.38. The van der Waals surface area contributed by atoms with E-state index in [9.17, 15) is 14.4 Å². The van der Waals surface area contributed by atoms with Gasteiger partial charge < -0.3 is 14.6 Å². The minimum atomic E-state index is -1.27. The second-order valence-corrected chi connectivity index (χ2v) is 3.65. The maximum atomic E-state index is 11.4. The molecule has 0 spiro atoms. The van der Waals surface area contributed by atoms with Crippen molar-refractivity contribution in [2.45, 2.75) is 0 Å². The number of nitrogens with one attached hydrogen (secondary N) is 2. The lowest BCUT2D eigenvalue weighted by Gasteiger charge is -2.10. The molecule has 0 fully saturated rings. The van der Waals surface area contributed by atoms with Gasteiger partial charge >= 0.3 is 5.97 Å². The molecule has 0 unspecified atom stereocenters. The fraction of sp³-hybridized carbons (Fsp3) is 0.154. The summed E-state index contributed by atoms with van der Waals surface area (Å²) in [5, 5.41) is 8.31. The van der Waals surface area contributed by atoms with Crippen LogP contribution in [0.15, 0.2) is 36.4 Å². The Morgan fingerprint density at radius 1 is 1.14 bits per heavy atom. The fourth-order valence-corrected chi connectivity index (χ4v) is 1.24. The maximum Gasteiger partial charge on any atom is 0.328 e. The third kappa shape index (κ3) is 6.10. The number of aliphatic carboxylic acids is 1. The van der Waals surface area contributed by atoms with E-state index in [0.717, 1.165) is 6.08 Å². The van der Waals surface area contributed by atoms with E-state index >= 15 is 0 Å². The Labute approximate surface area is 120 Å². The molecule has 3 N–H and O–H groups in total. The SMILES string of the molecule is COc1ccccc1OCC(=O)NNC(=O)C=CC(=O)O. The van der Waals surface area contributed by atoms with Crippen molar-refractivity contribution in [1.29, 1.82) is 0 Å². The summed E-state index contributed by atoms with van der Waals surface area (Å²) >= 11 is 0. The van der Waals surface area contributed by atoms with Gasteiger partial charge in [0.2, 0.25) is 0 Å². The van der Waals surface area contributed by atoms with Gasteiger partial charge in [-0.25, -0.2) is 4.79 Å². The second kappa shape index (κ2) is 8.20. The molecule has 0 aliphatic carbocycles. The van der Waals surface area contributed by atoms with Gasteiger partial charge in [0.1, 0.15) is 0 Å². The van der Waals surface area contributed by atoms with Crippen molar-refractivity contribution in [3.8, 4) is 11.5 Å². The van der Waals surface area contributed by atoms with Crippen molar-refractivity contribution < 1.29 is 29.0 Å². The number of amides is 2. The van der Waals surface area contributed by atoms with Gasteiger partial charge in [0, 0.05) is 12.2 Å². The molecule has 112 valence electrons. The molecule has 0 aliphatic rings. The quantitative estimate of drug-likeness (QED) is 0.497. The average molecular weight is 294 g/mol. The van der Waals surface area contributed by atoms with E-state index in [1.165, 1.54) is 7.11 Å². The van der Waals surface area contributed by atoms with E-state index in [2.05, 4.69) is 5.43 Å². The number of carboxylic acid groups (broad SMARTS) is 1. The monoisotopic (exact) mass is 294 g/mol. The van der Waals surface area contributed by atoms with Gasteiger partial charge in [-0.15, -0.1) is 0 Å². The van der Waals surface area contributed by atoms with Crippen molar-refractivity contribution in [2.24, 2.45) is 0 Å². The fourth-order valence-electron chi connectivity index (χ4n) is 1.24. The van der Waals surface area contributed by atoms with Gasteiger partial charge in [-0.3, -0.25) is 20.4 Å². The molecule has 0 heterocycles. The molecule has 0 saturated heterocycles. The molecule has 0 atom stereocenters. The zero-order chi connectivity index (χ0) is 15.7. The summed E-state index contributed by atoms with van der Waals surface area (Å²) in [4.78, 5) is 32.7. The van der Waals surface area contributed by atoms with Gasteiger partial charge in [-0.2, -0.15) is 0 Å². The molecular formula is C13H14N2O6. The summed E-state index contributed by atoms with van der Waals surface area (Å²) in [6, 6.07) is 6.76. The molecule has 21 heavy (non-hydrogen) atoms. The first kappa shape index (κ1) is 16.0. The van der Waals surface area contributed by atoms with Crippen LogP contribution < -0.4 is 20.3 Å². The number of para-hydroxylation sites is 2. The van der Waals surface area contributed by atoms with Crippen LogP contribution in [0, 0.1) is 0 Å². The van der Waals surface area contributed by atoms with Crippen LogP contribution in [-0.2, 0) is 14.4 Å². The number of benzene rings is 1. The van der Waals surface area contributed by atoms with Gasteiger partial charge in [0.15, 0.2) is 18.1 Å². The van der Waals surface area contributed by atoms with E-state index in [1.807, 2.05) is 5.43 Å². The Bertz CT molecular complexity index is 555. The van der Waals surface area contributed by atoms with E-state index < -0.39 is 17.8 Å². The number of methoxy groups -OCH3 is 1. The molecular weight excluding hydrogens is 280 g/mol. The molecule has 0 bridgehead atoms. The van der Waals surface area contributed by atoms with Gasteiger partial charge in [-0.05, 0) is 12.1 Å². The molecule has 8 heteroatoms. The number of hydrazine groups is 1. The summed E-state index contributed by atoms with van der Waals surface area (Å²) in [7, 11) is 1.47. The Morgan fingerprint density at radius 3 is 2.43 bits per heavy atom. The number of hydrogen-bond donors (Lipinski definition) is 3. The molecule has 1 aromatic carbocycles. The van der Waals surface area contributed by atoms with E-state index in [0.29, 0.717) is 17.6 Å². The molecule has 0 aromatic heterocycles. The summed E-state index contributed by atoms with van der Waals surface area (Å²) < 4.78 is 10.3. The van der Waals surface area contributed by atoms with Crippen LogP contribution in [0.4, 0.5) is 0 Å². The molecule has 2 amide bonds. The first-order valence-electron chi connectivity index (χ1n) is 5.78. The van der Waals surface area contributed by atoms with Gasteiger partial charge in [0.25, 0.3) is 11.8 Å². The summed E-state index contributed by atoms with van der Waals surface area (Å²) in [5.41, 5.74) is 4.07. The number of rotatable bonds is 6. The van der Waals surface area contributed by atoms with Crippen LogP contribution in [0.25, 0.3) is 0 Å². The van der Waals surface area contributed by atoms with E-state index in [-0.39, 0.29) is 6.61 Å². The maximum absolute atomic E-state index is 11.4. The highest BCUT2D eigenvalue weighted by Crippen LogP contribution is 2.25. The minimum Gasteiger partial charge on any atom is -0.493 e. The molecule has 0 aliphatic heterocycles. The molecule has 0 saturated carbocycles. The van der Waals surface area contributed by atoms with Gasteiger partial charge in [0.05, 0.1) is 7.11 Å². The third-order valence-corrected chi connectivity index (χ3v) is 2.13. The average Bonchev–Trinajstić information content (AvgIpc) is 2.49. The predicted molar refractivity (Wildman–Crippen MR) is 71.6 cm³/mol. The highest BCUT2D eigenvalue weighted by atomic mass is 16.5. The van der Waals surface area contributed by atoms with Crippen molar-refractivity contribution in [3.05, 3.63) is 36.4 Å². The van der Waals surface area contributed by atoms with Crippen LogP contribution in [0.5, 0.6) is 11.5 Å². The van der Waals surface area contributed by atoms with Crippen molar-refractivity contribution in [3.63, 3.8) is 0 Å². The standard InChI is InChI=1S/C13H14N2O6/c1-20-9-4-2-3-5-10(9)21-8-12(17)15-14-11(16)6-7-13(18)19/h2-7H,8H2,1H3,(H,14,16)(H,15,17)(H,18,19). The number of hydrogen-bond acceptors (Lipinski definition) is 5. The first-order valence-corrected chi connectivity index (χ1v) is 5.78. The van der Waals surface area contributed by atoms with Gasteiger partial charge in [-0.1, -0.05) is 12.1 Å². The topological polar surface area (TPSA) is 114 Å². The summed E-state index contributed by atoms with van der Waals surface area (Å²) in [6.45, 7) is -0.344. The third-order valence-electron chi connectivity index (χ3n) is 2.13. The lowest BCUT2D eigenvalue weighted by molar-refractivity contribution is -0.131. The number of carboxylic acids is 1. The number of ether oxygens (including phenoxy) is 2. The van der Waals surface area contributed by atoms with Crippen molar-refractivity contribution >= 4 is 17.8 Å². The zero-order valence-electron chi connectivity index (χ0n) is 11.2. The minimum absolute atomic E-state index is 0.344. The zero-order valence-corrected chi connectivity index (χ0v) is 11.2. The smallest absolute Gasteiger partial charge is 0.328 e. The van der Waals surface area contributed by atoms with Crippen LogP contribution in [0.1, 0.15) is 0 Å². The summed E-state index contributed by atoms with van der Waals surface area (Å²) in [5.74, 6) is -1.80. The molecule has 1 aromatic rings. The van der Waals surface area contributed by atoms with Crippen molar-refractivity contribution in [2.75, 3.05) is 13.7 Å². The van der Waals surface area contributed by atoms with Crippen LogP contribution >= 0.6 is 0 Å². The lowest BCUT2D eigenvalue weighted by atomic mass is 10.3. The Hall–Kier alpha value is -3.03. The normalized spacial score (nSPS) is 9.95. The van der Waals surface area contributed by atoms with E-state index in [4.69, 9.17) is 14.6 Å². The molecule has 8 nitrogen and oxygen atoms in total. The molecule has 1 rings (SSSR count). The highest BCUT2D eigenvalue weighted by molar-refractivity contribution is 5.94. The van der Waals surface area contributed by atoms with Crippen LogP contribution in [0.2, 0.25) is 0 Å². The van der Waals surface area contributed by atoms with E-state index in [1.54, 1.807) is 24.3 Å². The Kier molecular flexibility index (Phi) is 6.26. The van der Waals surface area contributed by atoms with Crippen molar-refractivity contribution in [1.82, 2.24) is 10.9 Å². The Morgan fingerprint density at radius 2 is 1.81 bits per heavy atom. The first-order chi connectivity index (χ1) is 10.0. The highest BCUT2D eigenvalue weighted by Gasteiger charge is 2.07. The summed E-state index contributed by atoms with van der Waals surface area (Å²) in [6.07, 6.45) is 1.41. The number of carbonyl (C=O) groups is 3. The second-order valence-electron chi connectivity index (χ2n) is 3.65. The largest absolute Gasteiger partial charge is 0.493 e. The number of carbonyl (C=O) groups excluding carboxylic acids is 2. The van der Waals surface area contributed by atoms with Crippen LogP contribution in [-0.4, -0.2) is 36.6 Å². The van der Waals surface area contributed by atoms with Crippen LogP contribution in [0.3, 0.4) is 0 Å². The lowest BCUT2D eigenvalue weighted by Crippen LogP contribution is -2.43.